The summed E-state index contributed by atoms with van der Waals surface area (Å²) in [6.07, 6.45) is 0. The van der Waals surface area contributed by atoms with Gasteiger partial charge in [0.15, 0.2) is 5.11 Å². The van der Waals surface area contributed by atoms with Crippen molar-refractivity contribution in [2.75, 3.05) is 12.4 Å². The van der Waals surface area contributed by atoms with Crippen molar-refractivity contribution >= 4 is 33.0 Å². The molecule has 128 valence electrons. The molecule has 0 saturated carbocycles. The van der Waals surface area contributed by atoms with Crippen molar-refractivity contribution in [3.63, 3.8) is 0 Å². The van der Waals surface area contributed by atoms with Crippen LogP contribution in [0.15, 0.2) is 53.4 Å². The van der Waals surface area contributed by atoms with E-state index < -0.39 is 10.0 Å². The average molecular weight is 365 g/mol. The number of hydrogen-bond acceptors (Lipinski definition) is 4. The van der Waals surface area contributed by atoms with Gasteiger partial charge in [0.25, 0.3) is 0 Å². The van der Waals surface area contributed by atoms with Crippen molar-refractivity contribution in [1.29, 1.82) is 0 Å². The number of nitrogens with one attached hydrogen (secondary N) is 2. The van der Waals surface area contributed by atoms with E-state index in [1.807, 2.05) is 31.2 Å². The van der Waals surface area contributed by atoms with Crippen molar-refractivity contribution in [2.24, 2.45) is 5.14 Å². The van der Waals surface area contributed by atoms with Crippen molar-refractivity contribution in [3.8, 4) is 5.75 Å². The van der Waals surface area contributed by atoms with Crippen LogP contribution in [0.1, 0.15) is 18.5 Å². The summed E-state index contributed by atoms with van der Waals surface area (Å²) < 4.78 is 27.6. The molecule has 0 unspecified atom stereocenters. The first-order chi connectivity index (χ1) is 11.3. The average Bonchev–Trinajstić information content (AvgIpc) is 2.54. The summed E-state index contributed by atoms with van der Waals surface area (Å²) in [6.45, 7) is 1.92. The third-order valence-electron chi connectivity index (χ3n) is 3.40. The molecular weight excluding hydrogens is 346 g/mol. The lowest BCUT2D eigenvalue weighted by molar-refractivity contribution is 0.415. The molecule has 2 aromatic rings. The summed E-state index contributed by atoms with van der Waals surface area (Å²) in [6, 6.07) is 13.6. The van der Waals surface area contributed by atoms with Crippen LogP contribution in [0.3, 0.4) is 0 Å². The summed E-state index contributed by atoms with van der Waals surface area (Å²) >= 11 is 5.29. The van der Waals surface area contributed by atoms with Crippen LogP contribution >= 0.6 is 12.2 Å². The minimum atomic E-state index is -3.68. The van der Waals surface area contributed by atoms with Crippen molar-refractivity contribution in [3.05, 3.63) is 54.1 Å². The summed E-state index contributed by atoms with van der Waals surface area (Å²) in [7, 11) is -2.07. The molecule has 0 amide bonds. The van der Waals surface area contributed by atoms with Crippen LogP contribution in [0.4, 0.5) is 5.69 Å². The predicted molar refractivity (Wildman–Crippen MR) is 98.6 cm³/mol. The highest BCUT2D eigenvalue weighted by atomic mass is 32.2. The highest BCUT2D eigenvalue weighted by Crippen LogP contribution is 2.17. The zero-order valence-electron chi connectivity index (χ0n) is 13.3. The molecule has 24 heavy (non-hydrogen) atoms. The van der Waals surface area contributed by atoms with Gasteiger partial charge in [0.2, 0.25) is 10.0 Å². The Labute approximate surface area is 147 Å². The number of thiocarbonyl (C=S) groups is 1. The summed E-state index contributed by atoms with van der Waals surface area (Å²) in [5.41, 5.74) is 1.73. The first-order valence-corrected chi connectivity index (χ1v) is 9.09. The van der Waals surface area contributed by atoms with E-state index >= 15 is 0 Å². The first-order valence-electron chi connectivity index (χ1n) is 7.14. The molecule has 0 aliphatic heterocycles. The Morgan fingerprint density at radius 3 is 2.21 bits per heavy atom. The number of rotatable bonds is 5. The number of ether oxygens (including phenoxy) is 1. The van der Waals surface area contributed by atoms with Gasteiger partial charge < -0.3 is 15.4 Å². The third kappa shape index (κ3) is 4.92. The second-order valence-corrected chi connectivity index (χ2v) is 7.13. The quantitative estimate of drug-likeness (QED) is 0.705. The van der Waals surface area contributed by atoms with Crippen LogP contribution < -0.4 is 20.5 Å². The number of primary sulfonamides is 1. The Morgan fingerprint density at radius 2 is 1.71 bits per heavy atom. The zero-order chi connectivity index (χ0) is 17.7. The van der Waals surface area contributed by atoms with Crippen LogP contribution in [-0.2, 0) is 10.0 Å². The minimum Gasteiger partial charge on any atom is -0.497 e. The topological polar surface area (TPSA) is 93.4 Å². The highest BCUT2D eigenvalue weighted by Gasteiger charge is 2.11. The Hall–Kier alpha value is -2.16. The molecule has 2 aromatic carbocycles. The van der Waals surface area contributed by atoms with Crippen molar-refractivity contribution in [1.82, 2.24) is 5.32 Å². The van der Waals surface area contributed by atoms with Gasteiger partial charge in [-0.3, -0.25) is 0 Å². The summed E-state index contributed by atoms with van der Waals surface area (Å²) in [5, 5.41) is 11.8. The lowest BCUT2D eigenvalue weighted by Gasteiger charge is -2.17. The largest absolute Gasteiger partial charge is 0.497 e. The fourth-order valence-corrected chi connectivity index (χ4v) is 2.88. The van der Waals surface area contributed by atoms with E-state index in [4.69, 9.17) is 22.1 Å². The van der Waals surface area contributed by atoms with Crippen LogP contribution in [0.25, 0.3) is 0 Å². The van der Waals surface area contributed by atoms with Gasteiger partial charge in [0.05, 0.1) is 18.0 Å². The molecule has 0 bridgehead atoms. The second kappa shape index (κ2) is 7.61. The summed E-state index contributed by atoms with van der Waals surface area (Å²) in [4.78, 5) is 0.0809. The normalized spacial score (nSPS) is 12.3. The minimum absolute atomic E-state index is 0.0809. The standard InChI is InChI=1S/C16H19N3O3S2/c1-11(12-3-9-15(10-4-12)24(17,20)21)18-16(23)19-13-5-7-14(22-2)8-6-13/h3-11H,1-2H3,(H2,17,20,21)(H2,18,19,23)/t11-/m1/s1. The molecule has 4 N–H and O–H groups in total. The Balaban J connectivity index is 1.97. The first kappa shape index (κ1) is 18.2. The van der Waals surface area contributed by atoms with Crippen LogP contribution in [0.5, 0.6) is 5.75 Å². The maximum Gasteiger partial charge on any atom is 0.238 e. The van der Waals surface area contributed by atoms with E-state index in [1.54, 1.807) is 19.2 Å². The second-order valence-electron chi connectivity index (χ2n) is 5.16. The lowest BCUT2D eigenvalue weighted by Crippen LogP contribution is -2.30. The number of methoxy groups -OCH3 is 1. The molecule has 0 spiro atoms. The maximum absolute atomic E-state index is 11.3. The summed E-state index contributed by atoms with van der Waals surface area (Å²) in [5.74, 6) is 0.766. The number of nitrogens with two attached hydrogens (primary N) is 1. The Kier molecular flexibility index (Phi) is 5.76. The third-order valence-corrected chi connectivity index (χ3v) is 4.55. The van der Waals surface area contributed by atoms with Crippen LogP contribution in [0, 0.1) is 0 Å². The molecule has 0 aliphatic rings. The van der Waals surface area contributed by atoms with Gasteiger partial charge >= 0.3 is 0 Å². The van der Waals surface area contributed by atoms with Gasteiger partial charge in [-0.05, 0) is 61.1 Å². The van der Waals surface area contributed by atoms with Gasteiger partial charge in [0, 0.05) is 5.69 Å². The van der Waals surface area contributed by atoms with Gasteiger partial charge in [-0.15, -0.1) is 0 Å². The van der Waals surface area contributed by atoms with E-state index in [9.17, 15) is 8.42 Å². The molecule has 0 radical (unpaired) electrons. The molecule has 0 heterocycles. The zero-order valence-corrected chi connectivity index (χ0v) is 14.9. The molecule has 0 fully saturated rings. The SMILES string of the molecule is COc1ccc(NC(=S)N[C@H](C)c2ccc(S(N)(=O)=O)cc2)cc1. The molecule has 0 saturated heterocycles. The Morgan fingerprint density at radius 1 is 1.12 bits per heavy atom. The fourth-order valence-electron chi connectivity index (χ4n) is 2.07. The molecular formula is C16H19N3O3S2. The molecule has 6 nitrogen and oxygen atoms in total. The molecule has 2 rings (SSSR count). The van der Waals surface area contributed by atoms with Crippen molar-refractivity contribution < 1.29 is 13.2 Å². The maximum atomic E-state index is 11.3. The fraction of sp³-hybridized carbons (Fsp3) is 0.188. The molecule has 0 aliphatic carbocycles. The van der Waals surface area contributed by atoms with Crippen LogP contribution in [0.2, 0.25) is 0 Å². The van der Waals surface area contributed by atoms with E-state index in [2.05, 4.69) is 10.6 Å². The lowest BCUT2D eigenvalue weighted by atomic mass is 10.1. The van der Waals surface area contributed by atoms with Gasteiger partial charge in [-0.25, -0.2) is 13.6 Å². The number of anilines is 1. The number of hydrogen-bond donors (Lipinski definition) is 3. The predicted octanol–water partition coefficient (Wildman–Crippen LogP) is 2.39. The van der Waals surface area contributed by atoms with Gasteiger partial charge in [-0.1, -0.05) is 12.1 Å². The van der Waals surface area contributed by atoms with E-state index in [-0.39, 0.29) is 10.9 Å². The smallest absolute Gasteiger partial charge is 0.238 e. The van der Waals surface area contributed by atoms with E-state index in [0.29, 0.717) is 5.11 Å². The number of sulfonamides is 1. The van der Waals surface area contributed by atoms with Gasteiger partial charge in [0.1, 0.15) is 5.75 Å². The number of benzene rings is 2. The van der Waals surface area contributed by atoms with E-state index in [0.717, 1.165) is 17.0 Å². The van der Waals surface area contributed by atoms with Crippen LogP contribution in [-0.4, -0.2) is 20.6 Å². The monoisotopic (exact) mass is 365 g/mol. The Bertz CT molecular complexity index is 803. The van der Waals surface area contributed by atoms with Crippen molar-refractivity contribution in [2.45, 2.75) is 17.9 Å². The molecule has 1 atom stereocenters. The molecule has 8 heteroatoms. The highest BCUT2D eigenvalue weighted by molar-refractivity contribution is 7.89. The van der Waals surface area contributed by atoms with Gasteiger partial charge in [-0.2, -0.15) is 0 Å². The molecule has 0 aromatic heterocycles. The van der Waals surface area contributed by atoms with E-state index in [1.165, 1.54) is 12.1 Å².